The molecule has 0 saturated heterocycles. The van der Waals surface area contributed by atoms with Crippen LogP contribution < -0.4 is 5.32 Å². The molecule has 0 aromatic heterocycles. The third-order valence-corrected chi connectivity index (χ3v) is 4.12. The number of aromatic hydroxyl groups is 1. The molecule has 3 N–H and O–H groups in total. The topological polar surface area (TPSA) is 95.9 Å². The van der Waals surface area contributed by atoms with Crippen molar-refractivity contribution in [2.24, 2.45) is 5.92 Å². The number of nitrogens with one attached hydrogen (secondary N) is 1. The maximum Gasteiger partial charge on any atom is 0.412 e. The van der Waals surface area contributed by atoms with Crippen molar-refractivity contribution in [2.45, 2.75) is 25.9 Å². The van der Waals surface area contributed by atoms with Crippen LogP contribution in [0, 0.1) is 11.7 Å². The molecule has 0 heterocycles. The van der Waals surface area contributed by atoms with Crippen LogP contribution in [0.2, 0.25) is 0 Å². The van der Waals surface area contributed by atoms with E-state index in [2.05, 4.69) is 5.32 Å². The Labute approximate surface area is 162 Å². The molecule has 0 spiro atoms. The van der Waals surface area contributed by atoms with Gasteiger partial charge in [0.15, 0.2) is 11.6 Å². The fourth-order valence-corrected chi connectivity index (χ4v) is 2.69. The normalized spacial score (nSPS) is 13.1. The number of anilines is 1. The van der Waals surface area contributed by atoms with Gasteiger partial charge in [-0.25, -0.2) is 14.0 Å². The summed E-state index contributed by atoms with van der Waals surface area (Å²) >= 11 is 0. The van der Waals surface area contributed by atoms with Gasteiger partial charge in [0.2, 0.25) is 0 Å². The number of carbonyl (C=O) groups excluding carboxylic acids is 1. The van der Waals surface area contributed by atoms with E-state index in [0.717, 1.165) is 12.1 Å². The summed E-state index contributed by atoms with van der Waals surface area (Å²) in [6.45, 7) is 1.82. The maximum absolute atomic E-state index is 13.8. The zero-order valence-electron chi connectivity index (χ0n) is 15.3. The fourth-order valence-electron chi connectivity index (χ4n) is 2.69. The van der Waals surface area contributed by atoms with Crippen LogP contribution in [0.5, 0.6) is 5.75 Å². The van der Waals surface area contributed by atoms with E-state index in [1.54, 1.807) is 24.3 Å². The van der Waals surface area contributed by atoms with Gasteiger partial charge in [0.05, 0.1) is 0 Å². The monoisotopic (exact) mass is 387 g/mol. The number of carboxylic acid groups (broad SMARTS) is 1. The van der Waals surface area contributed by atoms with Gasteiger partial charge >= 0.3 is 12.1 Å². The number of para-hydroxylation sites is 1. The molecular weight excluding hydrogens is 365 g/mol. The lowest BCUT2D eigenvalue weighted by Gasteiger charge is -2.24. The van der Waals surface area contributed by atoms with Gasteiger partial charge in [-0.1, -0.05) is 37.3 Å². The van der Waals surface area contributed by atoms with Gasteiger partial charge in [0, 0.05) is 11.8 Å². The minimum atomic E-state index is -1.04. The fraction of sp³-hybridized carbons (Fsp3) is 0.238. The van der Waals surface area contributed by atoms with E-state index in [1.165, 1.54) is 18.2 Å². The molecule has 2 atom stereocenters. The molecule has 0 bridgehead atoms. The van der Waals surface area contributed by atoms with Gasteiger partial charge in [-0.3, -0.25) is 5.32 Å². The second-order valence-corrected chi connectivity index (χ2v) is 6.32. The van der Waals surface area contributed by atoms with E-state index in [-0.39, 0.29) is 5.92 Å². The van der Waals surface area contributed by atoms with Crippen molar-refractivity contribution in [1.82, 2.24) is 0 Å². The number of phenols is 1. The molecule has 0 saturated carbocycles. The summed E-state index contributed by atoms with van der Waals surface area (Å²) in [6.07, 6.45) is 2.04. The predicted molar refractivity (Wildman–Crippen MR) is 103 cm³/mol. The van der Waals surface area contributed by atoms with Crippen LogP contribution in [0.25, 0.3) is 0 Å². The molecule has 0 unspecified atom stereocenters. The molecular formula is C21H22FNO5. The highest BCUT2D eigenvalue weighted by Gasteiger charge is 2.24. The molecule has 7 heteroatoms. The molecule has 148 valence electrons. The lowest BCUT2D eigenvalue weighted by molar-refractivity contribution is -0.131. The molecule has 2 aromatic rings. The van der Waals surface area contributed by atoms with Crippen LogP contribution in [-0.4, -0.2) is 22.3 Å². The standard InChI is InChI=1S/C21H22FNO5/c1-14(7-5-6-10-19(25)26)20(15-11-12-18(24)17(22)13-15)28-21(27)23-16-8-3-2-4-9-16/h2-4,6,8-14,20,24H,5,7H2,1H3,(H,23,27)(H,25,26)/b10-6+/t14-,20+/m0/s1. The lowest BCUT2D eigenvalue weighted by Crippen LogP contribution is -2.22. The molecule has 0 radical (unpaired) electrons. The number of benzene rings is 2. The highest BCUT2D eigenvalue weighted by molar-refractivity contribution is 5.84. The molecule has 0 fully saturated rings. The Bertz CT molecular complexity index is 838. The Hall–Kier alpha value is -3.35. The van der Waals surface area contributed by atoms with Crippen LogP contribution in [-0.2, 0) is 9.53 Å². The second kappa shape index (κ2) is 10.1. The van der Waals surface area contributed by atoms with Crippen molar-refractivity contribution in [3.63, 3.8) is 0 Å². The number of halogens is 1. The van der Waals surface area contributed by atoms with Crippen LogP contribution >= 0.6 is 0 Å². The molecule has 2 rings (SSSR count). The molecule has 2 aromatic carbocycles. The van der Waals surface area contributed by atoms with Crippen LogP contribution in [0.3, 0.4) is 0 Å². The Morgan fingerprint density at radius 1 is 1.21 bits per heavy atom. The third-order valence-electron chi connectivity index (χ3n) is 4.12. The first-order valence-corrected chi connectivity index (χ1v) is 8.77. The number of aliphatic carboxylic acids is 1. The third kappa shape index (κ3) is 6.42. The van der Waals surface area contributed by atoms with Crippen LogP contribution in [0.4, 0.5) is 14.9 Å². The summed E-state index contributed by atoms with van der Waals surface area (Å²) < 4.78 is 19.3. The molecule has 6 nitrogen and oxygen atoms in total. The van der Waals surface area contributed by atoms with Crippen molar-refractivity contribution in [2.75, 3.05) is 5.32 Å². The summed E-state index contributed by atoms with van der Waals surface area (Å²) in [6, 6.07) is 12.6. The zero-order valence-corrected chi connectivity index (χ0v) is 15.3. The van der Waals surface area contributed by atoms with E-state index in [4.69, 9.17) is 9.84 Å². The van der Waals surface area contributed by atoms with Gasteiger partial charge in [0.25, 0.3) is 0 Å². The van der Waals surface area contributed by atoms with E-state index in [1.807, 2.05) is 13.0 Å². The van der Waals surface area contributed by atoms with Gasteiger partial charge in [-0.05, 0) is 48.6 Å². The van der Waals surface area contributed by atoms with Gasteiger partial charge in [-0.2, -0.15) is 0 Å². The molecule has 0 aliphatic heterocycles. The van der Waals surface area contributed by atoms with Gasteiger partial charge in [0.1, 0.15) is 6.10 Å². The Balaban J connectivity index is 2.13. The van der Waals surface area contributed by atoms with Gasteiger partial charge < -0.3 is 14.9 Å². The second-order valence-electron chi connectivity index (χ2n) is 6.32. The van der Waals surface area contributed by atoms with E-state index < -0.39 is 29.7 Å². The molecule has 0 aliphatic carbocycles. The summed E-state index contributed by atoms with van der Waals surface area (Å²) in [5.74, 6) is -2.58. The van der Waals surface area contributed by atoms with Crippen molar-refractivity contribution >= 4 is 17.7 Å². The molecule has 28 heavy (non-hydrogen) atoms. The Morgan fingerprint density at radius 3 is 2.57 bits per heavy atom. The van der Waals surface area contributed by atoms with Crippen molar-refractivity contribution in [3.8, 4) is 5.75 Å². The number of carbonyl (C=O) groups is 2. The highest BCUT2D eigenvalue weighted by atomic mass is 19.1. The average molecular weight is 387 g/mol. The van der Waals surface area contributed by atoms with Crippen LogP contribution in [0.1, 0.15) is 31.4 Å². The number of phenolic OH excluding ortho intramolecular Hbond substituents is 1. The minimum absolute atomic E-state index is 0.232. The summed E-state index contributed by atoms with van der Waals surface area (Å²) in [7, 11) is 0. The lowest BCUT2D eigenvalue weighted by atomic mass is 9.93. The SMILES string of the molecule is C[C@@H](CC/C=C/C(=O)O)[C@@H](OC(=O)Nc1ccccc1)c1ccc(O)c(F)c1. The van der Waals surface area contributed by atoms with E-state index >= 15 is 0 Å². The highest BCUT2D eigenvalue weighted by Crippen LogP contribution is 2.32. The number of hydrogen-bond acceptors (Lipinski definition) is 4. The Morgan fingerprint density at radius 2 is 1.93 bits per heavy atom. The summed E-state index contributed by atoms with van der Waals surface area (Å²) in [5.41, 5.74) is 0.952. The average Bonchev–Trinajstić information content (AvgIpc) is 2.66. The number of ether oxygens (including phenoxy) is 1. The zero-order chi connectivity index (χ0) is 20.5. The number of carboxylic acids is 1. The smallest absolute Gasteiger partial charge is 0.412 e. The quantitative estimate of drug-likeness (QED) is 0.561. The minimum Gasteiger partial charge on any atom is -0.505 e. The summed E-state index contributed by atoms with van der Waals surface area (Å²) in [4.78, 5) is 22.9. The van der Waals surface area contributed by atoms with Crippen LogP contribution in [0.15, 0.2) is 60.7 Å². The predicted octanol–water partition coefficient (Wildman–Crippen LogP) is 4.88. The number of amides is 1. The Kier molecular flexibility index (Phi) is 7.56. The van der Waals surface area contributed by atoms with Gasteiger partial charge in [-0.15, -0.1) is 0 Å². The maximum atomic E-state index is 13.8. The summed E-state index contributed by atoms with van der Waals surface area (Å²) in [5, 5.41) is 20.7. The van der Waals surface area contributed by atoms with E-state index in [9.17, 15) is 19.1 Å². The number of allylic oxidation sites excluding steroid dienone is 1. The number of rotatable bonds is 8. The van der Waals surface area contributed by atoms with Crippen molar-refractivity contribution < 1.29 is 28.9 Å². The largest absolute Gasteiger partial charge is 0.505 e. The molecule has 1 amide bonds. The van der Waals surface area contributed by atoms with E-state index in [0.29, 0.717) is 24.1 Å². The number of hydrogen-bond donors (Lipinski definition) is 3. The first kappa shape index (κ1) is 21.0. The molecule has 0 aliphatic rings. The first-order valence-electron chi connectivity index (χ1n) is 8.77. The van der Waals surface area contributed by atoms with Crippen molar-refractivity contribution in [3.05, 3.63) is 72.1 Å². The first-order chi connectivity index (χ1) is 13.4. The van der Waals surface area contributed by atoms with Crippen molar-refractivity contribution in [1.29, 1.82) is 0 Å².